The molecule has 1 amide bonds. The van der Waals surface area contributed by atoms with Gasteiger partial charge in [-0.25, -0.2) is 8.42 Å². The minimum absolute atomic E-state index is 0.0455. The smallest absolute Gasteiger partial charge is 0.261 e. The Morgan fingerprint density at radius 2 is 1.68 bits per heavy atom. The molecule has 1 aliphatic heterocycles. The van der Waals surface area contributed by atoms with Crippen LogP contribution in [0.15, 0.2) is 89.8 Å². The molecule has 4 aromatic rings. The summed E-state index contributed by atoms with van der Waals surface area (Å²) in [4.78, 5) is 14.8. The third-order valence-electron chi connectivity index (χ3n) is 5.93. The van der Waals surface area contributed by atoms with Crippen molar-refractivity contribution in [3.8, 4) is 0 Å². The number of thioether (sulfide) groups is 1. The van der Waals surface area contributed by atoms with E-state index >= 15 is 0 Å². The van der Waals surface area contributed by atoms with E-state index in [1.165, 1.54) is 0 Å². The molecule has 1 N–H and O–H groups in total. The second-order valence-corrected chi connectivity index (χ2v) is 11.2. The predicted molar refractivity (Wildman–Crippen MR) is 140 cm³/mol. The fourth-order valence-corrected chi connectivity index (χ4v) is 6.55. The fourth-order valence-electron chi connectivity index (χ4n) is 4.31. The summed E-state index contributed by atoms with van der Waals surface area (Å²) in [5, 5.41) is 1.63. The first-order chi connectivity index (χ1) is 16.3. The Hall–Kier alpha value is -3.29. The molecule has 172 valence electrons. The molecule has 1 aliphatic rings. The maximum absolute atomic E-state index is 13.1. The average Bonchev–Trinajstić information content (AvgIpc) is 3.20. The van der Waals surface area contributed by atoms with E-state index in [0.29, 0.717) is 11.4 Å². The molecule has 0 aliphatic carbocycles. The minimum atomic E-state index is -3.77. The molecule has 0 radical (unpaired) electrons. The highest BCUT2D eigenvalue weighted by atomic mass is 32.2. The highest BCUT2D eigenvalue weighted by Gasteiger charge is 2.35. The van der Waals surface area contributed by atoms with Crippen LogP contribution in [0.4, 0.5) is 11.4 Å². The summed E-state index contributed by atoms with van der Waals surface area (Å²) in [6.07, 6.45) is 0. The zero-order valence-electron chi connectivity index (χ0n) is 18.9. The van der Waals surface area contributed by atoms with Gasteiger partial charge in [0, 0.05) is 11.4 Å². The molecule has 34 heavy (non-hydrogen) atoms. The van der Waals surface area contributed by atoms with Gasteiger partial charge < -0.3 is 0 Å². The van der Waals surface area contributed by atoms with E-state index in [2.05, 4.69) is 10.8 Å². The third kappa shape index (κ3) is 4.29. The molecule has 0 unspecified atom stereocenters. The van der Waals surface area contributed by atoms with Crippen molar-refractivity contribution in [1.82, 2.24) is 0 Å². The molecule has 5 nitrogen and oxygen atoms in total. The van der Waals surface area contributed by atoms with E-state index < -0.39 is 10.0 Å². The number of nitrogens with zero attached hydrogens (tertiary/aromatic N) is 1. The van der Waals surface area contributed by atoms with Crippen molar-refractivity contribution in [2.45, 2.75) is 24.1 Å². The first-order valence-electron chi connectivity index (χ1n) is 10.9. The molecule has 0 bridgehead atoms. The Bertz CT molecular complexity index is 1520. The average molecular weight is 489 g/mol. The van der Waals surface area contributed by atoms with E-state index in [0.717, 1.165) is 33.2 Å². The fraction of sp³-hybridized carbons (Fsp3) is 0.148. The second-order valence-electron chi connectivity index (χ2n) is 8.46. The summed E-state index contributed by atoms with van der Waals surface area (Å²) < 4.78 is 28.9. The Labute approximate surface area is 203 Å². The molecular formula is C27H24N2O3S2. The molecule has 5 rings (SSSR count). The number of amides is 1. The zero-order valence-corrected chi connectivity index (χ0v) is 20.5. The molecule has 4 aromatic carbocycles. The Morgan fingerprint density at radius 1 is 0.882 bits per heavy atom. The van der Waals surface area contributed by atoms with E-state index in [4.69, 9.17) is 0 Å². The van der Waals surface area contributed by atoms with Gasteiger partial charge in [0.1, 0.15) is 5.37 Å². The number of benzene rings is 4. The lowest BCUT2D eigenvalue weighted by molar-refractivity contribution is -0.115. The number of aryl methyl sites for hydroxylation is 2. The second kappa shape index (κ2) is 8.81. The van der Waals surface area contributed by atoms with Crippen molar-refractivity contribution in [2.24, 2.45) is 0 Å². The van der Waals surface area contributed by atoms with E-state index in [-0.39, 0.29) is 16.2 Å². The number of rotatable bonds is 5. The molecule has 0 saturated carbocycles. The van der Waals surface area contributed by atoms with E-state index in [1.54, 1.807) is 30.0 Å². The van der Waals surface area contributed by atoms with Crippen LogP contribution in [0.2, 0.25) is 0 Å². The van der Waals surface area contributed by atoms with Gasteiger partial charge in [0.05, 0.1) is 10.6 Å². The molecule has 1 heterocycles. The standard InChI is InChI=1S/C27H24N2O3S2/c1-18-10-13-25(19(2)14-18)29-26(30)17-33-27(29)22-8-5-9-23(15-22)28-34(31,32)24-12-11-20-6-3-4-7-21(20)16-24/h3-16,27-28H,17H2,1-2H3/t27-/m1/s1. The normalized spacial score (nSPS) is 16.2. The number of anilines is 2. The third-order valence-corrected chi connectivity index (χ3v) is 8.53. The summed E-state index contributed by atoms with van der Waals surface area (Å²) in [5.41, 5.74) is 4.39. The van der Waals surface area contributed by atoms with Gasteiger partial charge in [0.15, 0.2) is 0 Å². The van der Waals surface area contributed by atoms with Crippen molar-refractivity contribution in [2.75, 3.05) is 15.4 Å². The lowest BCUT2D eigenvalue weighted by atomic mass is 10.1. The first kappa shape index (κ1) is 22.5. The van der Waals surface area contributed by atoms with Crippen LogP contribution < -0.4 is 9.62 Å². The van der Waals surface area contributed by atoms with Gasteiger partial charge in [-0.05, 0) is 66.1 Å². The van der Waals surface area contributed by atoms with Gasteiger partial charge in [-0.3, -0.25) is 14.4 Å². The van der Waals surface area contributed by atoms with Gasteiger partial charge in [0.25, 0.3) is 10.0 Å². The topological polar surface area (TPSA) is 66.5 Å². The molecule has 1 saturated heterocycles. The van der Waals surface area contributed by atoms with Gasteiger partial charge in [0.2, 0.25) is 5.91 Å². The largest absolute Gasteiger partial charge is 0.295 e. The van der Waals surface area contributed by atoms with Crippen molar-refractivity contribution >= 4 is 49.8 Å². The van der Waals surface area contributed by atoms with Crippen LogP contribution in [0.5, 0.6) is 0 Å². The van der Waals surface area contributed by atoms with Crippen LogP contribution in [0, 0.1) is 13.8 Å². The quantitative estimate of drug-likeness (QED) is 0.372. The SMILES string of the molecule is Cc1ccc(N2C(=O)CS[C@@H]2c2cccc(NS(=O)(=O)c3ccc4ccccc4c3)c2)c(C)c1. The van der Waals surface area contributed by atoms with Gasteiger partial charge in [-0.1, -0.05) is 60.2 Å². The highest BCUT2D eigenvalue weighted by Crippen LogP contribution is 2.43. The van der Waals surface area contributed by atoms with Crippen LogP contribution in [-0.4, -0.2) is 20.1 Å². The number of hydrogen-bond acceptors (Lipinski definition) is 4. The lowest BCUT2D eigenvalue weighted by Crippen LogP contribution is -2.28. The molecule has 1 fully saturated rings. The van der Waals surface area contributed by atoms with Crippen LogP contribution in [0.25, 0.3) is 10.8 Å². The number of carbonyl (C=O) groups excluding carboxylic acids is 1. The first-order valence-corrected chi connectivity index (χ1v) is 13.5. The zero-order chi connectivity index (χ0) is 23.9. The van der Waals surface area contributed by atoms with Crippen molar-refractivity contribution in [3.05, 3.63) is 102 Å². The summed E-state index contributed by atoms with van der Waals surface area (Å²) in [6.45, 7) is 4.03. The van der Waals surface area contributed by atoms with Gasteiger partial charge >= 0.3 is 0 Å². The number of carbonyl (C=O) groups is 1. The van der Waals surface area contributed by atoms with E-state index in [1.807, 2.05) is 79.4 Å². The van der Waals surface area contributed by atoms with Crippen LogP contribution in [0.3, 0.4) is 0 Å². The highest BCUT2D eigenvalue weighted by molar-refractivity contribution is 8.00. The molecule has 0 aromatic heterocycles. The number of hydrogen-bond donors (Lipinski definition) is 1. The Balaban J connectivity index is 1.45. The van der Waals surface area contributed by atoms with Gasteiger partial charge in [-0.2, -0.15) is 0 Å². The number of nitrogens with one attached hydrogen (secondary N) is 1. The van der Waals surface area contributed by atoms with Crippen LogP contribution in [0.1, 0.15) is 22.1 Å². The molecular weight excluding hydrogens is 464 g/mol. The summed E-state index contributed by atoms with van der Waals surface area (Å²) in [7, 11) is -3.77. The monoisotopic (exact) mass is 488 g/mol. The molecule has 7 heteroatoms. The van der Waals surface area contributed by atoms with Crippen molar-refractivity contribution in [3.63, 3.8) is 0 Å². The van der Waals surface area contributed by atoms with E-state index in [9.17, 15) is 13.2 Å². The van der Waals surface area contributed by atoms with Crippen molar-refractivity contribution < 1.29 is 13.2 Å². The van der Waals surface area contributed by atoms with Crippen LogP contribution in [-0.2, 0) is 14.8 Å². The maximum Gasteiger partial charge on any atom is 0.261 e. The Morgan fingerprint density at radius 3 is 2.47 bits per heavy atom. The predicted octanol–water partition coefficient (Wildman–Crippen LogP) is 6.04. The van der Waals surface area contributed by atoms with Crippen molar-refractivity contribution in [1.29, 1.82) is 0 Å². The summed E-state index contributed by atoms with van der Waals surface area (Å²) in [5.74, 6) is 0.425. The maximum atomic E-state index is 13.1. The molecule has 0 spiro atoms. The summed E-state index contributed by atoms with van der Waals surface area (Å²) >= 11 is 1.54. The number of sulfonamides is 1. The minimum Gasteiger partial charge on any atom is -0.295 e. The summed E-state index contributed by atoms with van der Waals surface area (Å²) in [6, 6.07) is 26.1. The Kier molecular flexibility index (Phi) is 5.83. The van der Waals surface area contributed by atoms with Crippen LogP contribution >= 0.6 is 11.8 Å². The van der Waals surface area contributed by atoms with Gasteiger partial charge in [-0.15, -0.1) is 11.8 Å². The lowest BCUT2D eigenvalue weighted by Gasteiger charge is -2.26. The molecule has 1 atom stereocenters. The number of fused-ring (bicyclic) bond motifs is 1.